The van der Waals surface area contributed by atoms with Crippen LogP contribution in [0.5, 0.6) is 11.5 Å². The summed E-state index contributed by atoms with van der Waals surface area (Å²) in [4.78, 5) is 23.7. The second-order valence-electron chi connectivity index (χ2n) is 5.93. The van der Waals surface area contributed by atoms with E-state index in [1.165, 1.54) is 0 Å². The number of hydrogen-bond donors (Lipinski definition) is 3. The molecular formula is C19H23N3O3. The first-order valence-electron chi connectivity index (χ1n) is 8.13. The Balaban J connectivity index is 2.13. The maximum atomic E-state index is 12.0. The van der Waals surface area contributed by atoms with E-state index in [0.717, 1.165) is 0 Å². The molecule has 0 saturated heterocycles. The number of carbonyl (C=O) groups is 2. The third-order valence-electron chi connectivity index (χ3n) is 3.36. The monoisotopic (exact) mass is 341 g/mol. The van der Waals surface area contributed by atoms with E-state index >= 15 is 0 Å². The Morgan fingerprint density at radius 1 is 1.08 bits per heavy atom. The van der Waals surface area contributed by atoms with Crippen molar-refractivity contribution in [1.29, 1.82) is 0 Å². The van der Waals surface area contributed by atoms with Crippen LogP contribution in [0.25, 0.3) is 0 Å². The Morgan fingerprint density at radius 3 is 2.56 bits per heavy atom. The summed E-state index contributed by atoms with van der Waals surface area (Å²) < 4.78 is 5.85. The molecule has 3 N–H and O–H groups in total. The Kier molecular flexibility index (Phi) is 6.39. The van der Waals surface area contributed by atoms with Crippen LogP contribution in [0.3, 0.4) is 0 Å². The minimum absolute atomic E-state index is 0.190. The summed E-state index contributed by atoms with van der Waals surface area (Å²) in [5, 5.41) is 8.15. The minimum Gasteiger partial charge on any atom is -0.455 e. The van der Waals surface area contributed by atoms with Gasteiger partial charge in [-0.3, -0.25) is 4.79 Å². The van der Waals surface area contributed by atoms with Crippen molar-refractivity contribution in [3.63, 3.8) is 0 Å². The molecule has 2 aromatic carbocycles. The molecule has 0 atom stereocenters. The molecule has 6 heteroatoms. The van der Waals surface area contributed by atoms with Gasteiger partial charge in [-0.05, 0) is 36.2 Å². The summed E-state index contributed by atoms with van der Waals surface area (Å²) >= 11 is 0. The van der Waals surface area contributed by atoms with E-state index in [-0.39, 0.29) is 11.9 Å². The van der Waals surface area contributed by atoms with Crippen LogP contribution < -0.4 is 20.7 Å². The van der Waals surface area contributed by atoms with Gasteiger partial charge in [0.15, 0.2) is 5.75 Å². The highest BCUT2D eigenvalue weighted by Gasteiger charge is 2.10. The first-order valence-corrected chi connectivity index (χ1v) is 8.13. The molecule has 0 unspecified atom stereocenters. The van der Waals surface area contributed by atoms with Crippen LogP contribution in [0.1, 0.15) is 24.2 Å². The van der Waals surface area contributed by atoms with Gasteiger partial charge in [0.2, 0.25) is 0 Å². The zero-order valence-corrected chi connectivity index (χ0v) is 14.6. The molecule has 0 heterocycles. The second-order valence-corrected chi connectivity index (χ2v) is 5.93. The standard InChI is InChI=1S/C19H23N3O3/c1-13(2)12-21-19(24)22-16-9-4-5-10-17(16)25-15-8-6-7-14(11-15)18(23)20-3/h4-11,13H,12H2,1-3H3,(H,20,23)(H2,21,22,24). The Labute approximate surface area is 147 Å². The van der Waals surface area contributed by atoms with E-state index < -0.39 is 0 Å². The van der Waals surface area contributed by atoms with Gasteiger partial charge in [0.05, 0.1) is 5.69 Å². The molecule has 2 aromatic rings. The van der Waals surface area contributed by atoms with Crippen molar-refractivity contribution in [3.8, 4) is 11.5 Å². The number of anilines is 1. The second kappa shape index (κ2) is 8.73. The maximum absolute atomic E-state index is 12.0. The van der Waals surface area contributed by atoms with Crippen molar-refractivity contribution in [2.45, 2.75) is 13.8 Å². The van der Waals surface area contributed by atoms with Crippen LogP contribution in [0.15, 0.2) is 48.5 Å². The van der Waals surface area contributed by atoms with Crippen molar-refractivity contribution in [2.24, 2.45) is 5.92 Å². The van der Waals surface area contributed by atoms with E-state index in [9.17, 15) is 9.59 Å². The van der Waals surface area contributed by atoms with Crippen LogP contribution in [-0.2, 0) is 0 Å². The Morgan fingerprint density at radius 2 is 1.84 bits per heavy atom. The lowest BCUT2D eigenvalue weighted by molar-refractivity contribution is 0.0962. The van der Waals surface area contributed by atoms with E-state index in [1.54, 1.807) is 43.4 Å². The van der Waals surface area contributed by atoms with Crippen LogP contribution >= 0.6 is 0 Å². The SMILES string of the molecule is CNC(=O)c1cccc(Oc2ccccc2NC(=O)NCC(C)C)c1. The largest absolute Gasteiger partial charge is 0.455 e. The van der Waals surface area contributed by atoms with Gasteiger partial charge in [0, 0.05) is 19.2 Å². The number of amides is 3. The normalized spacial score (nSPS) is 10.2. The third-order valence-corrected chi connectivity index (χ3v) is 3.36. The van der Waals surface area contributed by atoms with Gasteiger partial charge < -0.3 is 20.7 Å². The molecule has 0 aliphatic heterocycles. The molecular weight excluding hydrogens is 318 g/mol. The summed E-state index contributed by atoms with van der Waals surface area (Å²) in [6.07, 6.45) is 0. The lowest BCUT2D eigenvalue weighted by atomic mass is 10.2. The van der Waals surface area contributed by atoms with Gasteiger partial charge in [-0.15, -0.1) is 0 Å². The predicted octanol–water partition coefficient (Wildman–Crippen LogP) is 3.62. The molecule has 2 rings (SSSR count). The number of para-hydroxylation sites is 2. The first kappa shape index (κ1) is 18.3. The molecule has 0 aliphatic carbocycles. The molecule has 0 fully saturated rings. The fourth-order valence-corrected chi connectivity index (χ4v) is 2.09. The molecule has 3 amide bonds. The summed E-state index contributed by atoms with van der Waals surface area (Å²) in [7, 11) is 1.57. The van der Waals surface area contributed by atoms with Crippen LogP contribution in [0.4, 0.5) is 10.5 Å². The highest BCUT2D eigenvalue weighted by Crippen LogP contribution is 2.29. The van der Waals surface area contributed by atoms with Gasteiger partial charge in [-0.2, -0.15) is 0 Å². The lowest BCUT2D eigenvalue weighted by Gasteiger charge is -2.14. The number of ether oxygens (including phenoxy) is 1. The summed E-state index contributed by atoms with van der Waals surface area (Å²) in [6, 6.07) is 13.7. The first-order chi connectivity index (χ1) is 12.0. The highest BCUT2D eigenvalue weighted by atomic mass is 16.5. The Hall–Kier alpha value is -3.02. The summed E-state index contributed by atoms with van der Waals surface area (Å²) in [5.41, 5.74) is 1.05. The number of rotatable bonds is 6. The highest BCUT2D eigenvalue weighted by molar-refractivity contribution is 5.94. The lowest BCUT2D eigenvalue weighted by Crippen LogP contribution is -2.31. The van der Waals surface area contributed by atoms with Gasteiger partial charge >= 0.3 is 6.03 Å². The molecule has 0 radical (unpaired) electrons. The van der Waals surface area contributed by atoms with Crippen molar-refractivity contribution in [1.82, 2.24) is 10.6 Å². The topological polar surface area (TPSA) is 79.5 Å². The number of nitrogens with one attached hydrogen (secondary N) is 3. The van der Waals surface area contributed by atoms with E-state index in [2.05, 4.69) is 16.0 Å². The Bertz CT molecular complexity index is 744. The molecule has 0 spiro atoms. The van der Waals surface area contributed by atoms with Gasteiger partial charge in [0.1, 0.15) is 5.75 Å². The van der Waals surface area contributed by atoms with E-state index in [0.29, 0.717) is 35.2 Å². The third kappa shape index (κ3) is 5.53. The quantitative estimate of drug-likeness (QED) is 0.751. The number of benzene rings is 2. The average Bonchev–Trinajstić information content (AvgIpc) is 2.61. The fraction of sp³-hybridized carbons (Fsp3) is 0.263. The van der Waals surface area contributed by atoms with Crippen molar-refractivity contribution < 1.29 is 14.3 Å². The molecule has 132 valence electrons. The number of carbonyl (C=O) groups excluding carboxylic acids is 2. The van der Waals surface area contributed by atoms with Gasteiger partial charge in [-0.25, -0.2) is 4.79 Å². The van der Waals surface area contributed by atoms with E-state index in [1.807, 2.05) is 26.0 Å². The fourth-order valence-electron chi connectivity index (χ4n) is 2.09. The molecule has 0 aromatic heterocycles. The van der Waals surface area contributed by atoms with Crippen molar-refractivity contribution in [3.05, 3.63) is 54.1 Å². The smallest absolute Gasteiger partial charge is 0.319 e. The van der Waals surface area contributed by atoms with Crippen molar-refractivity contribution >= 4 is 17.6 Å². The predicted molar refractivity (Wildman–Crippen MR) is 98.2 cm³/mol. The zero-order valence-electron chi connectivity index (χ0n) is 14.6. The molecule has 0 saturated carbocycles. The van der Waals surface area contributed by atoms with Crippen LogP contribution in [-0.4, -0.2) is 25.5 Å². The molecule has 6 nitrogen and oxygen atoms in total. The summed E-state index contributed by atoms with van der Waals surface area (Å²) in [5.74, 6) is 1.18. The number of urea groups is 1. The maximum Gasteiger partial charge on any atom is 0.319 e. The molecule has 0 bridgehead atoms. The number of hydrogen-bond acceptors (Lipinski definition) is 3. The van der Waals surface area contributed by atoms with Crippen molar-refractivity contribution in [2.75, 3.05) is 18.9 Å². The molecule has 0 aliphatic rings. The average molecular weight is 341 g/mol. The van der Waals surface area contributed by atoms with Gasteiger partial charge in [-0.1, -0.05) is 32.0 Å². The van der Waals surface area contributed by atoms with E-state index in [4.69, 9.17) is 4.74 Å². The summed E-state index contributed by atoms with van der Waals surface area (Å²) in [6.45, 7) is 4.64. The van der Waals surface area contributed by atoms with Gasteiger partial charge in [0.25, 0.3) is 5.91 Å². The molecule has 25 heavy (non-hydrogen) atoms. The zero-order chi connectivity index (χ0) is 18.2. The minimum atomic E-state index is -0.288. The van der Waals surface area contributed by atoms with Crippen LogP contribution in [0, 0.1) is 5.92 Å². The van der Waals surface area contributed by atoms with Crippen LogP contribution in [0.2, 0.25) is 0 Å².